The van der Waals surface area contributed by atoms with Crippen molar-refractivity contribution < 1.29 is 8.78 Å². The predicted octanol–water partition coefficient (Wildman–Crippen LogP) is 3.01. The van der Waals surface area contributed by atoms with Gasteiger partial charge in [0.2, 0.25) is 0 Å². The number of hydrogen-bond donors (Lipinski definition) is 1. The van der Waals surface area contributed by atoms with Crippen LogP contribution < -0.4 is 4.90 Å². The van der Waals surface area contributed by atoms with Crippen molar-refractivity contribution in [2.45, 2.75) is 18.9 Å². The van der Waals surface area contributed by atoms with Crippen molar-refractivity contribution in [3.63, 3.8) is 0 Å². The molecule has 1 atom stereocenters. The first-order chi connectivity index (χ1) is 9.69. The Kier molecular flexibility index (Phi) is 3.15. The topological polar surface area (TPSA) is 31.9 Å². The maximum Gasteiger partial charge on any atom is 0.152 e. The molecule has 0 aliphatic carbocycles. The van der Waals surface area contributed by atoms with E-state index in [1.165, 1.54) is 12.1 Å². The highest BCUT2D eigenvalue weighted by atomic mass is 19.1. The fraction of sp³-hybridized carbons (Fsp3) is 0.267. The van der Waals surface area contributed by atoms with E-state index in [9.17, 15) is 8.78 Å². The summed E-state index contributed by atoms with van der Waals surface area (Å²) in [5.74, 6) is 2.31. The first-order valence-electron chi connectivity index (χ1n) is 6.42. The zero-order valence-electron chi connectivity index (χ0n) is 10.7. The summed E-state index contributed by atoms with van der Waals surface area (Å²) in [5.41, 5.74) is 0.943. The Hall–Kier alpha value is -2.35. The Balaban J connectivity index is 1.96. The molecule has 3 nitrogen and oxygen atoms in total. The molecule has 1 aliphatic heterocycles. The Bertz CT molecular complexity index is 672. The molecule has 1 aromatic heterocycles. The lowest BCUT2D eigenvalue weighted by atomic mass is 10.0. The van der Waals surface area contributed by atoms with Gasteiger partial charge in [-0.3, -0.25) is 5.10 Å². The van der Waals surface area contributed by atoms with Crippen LogP contribution in [0, 0.1) is 24.0 Å². The highest BCUT2D eigenvalue weighted by molar-refractivity contribution is 5.47. The number of nitrogens with one attached hydrogen (secondary N) is 1. The Labute approximate surface area is 115 Å². The lowest BCUT2D eigenvalue weighted by molar-refractivity contribution is 0.560. The molecule has 0 spiro atoms. The lowest BCUT2D eigenvalue weighted by Gasteiger charge is -2.25. The average Bonchev–Trinajstić information content (AvgIpc) is 3.08. The van der Waals surface area contributed by atoms with Gasteiger partial charge in [0.25, 0.3) is 0 Å². The summed E-state index contributed by atoms with van der Waals surface area (Å²) in [5, 5.41) is 6.87. The summed E-state index contributed by atoms with van der Waals surface area (Å²) >= 11 is 0. The minimum Gasteiger partial charge on any atom is -0.348 e. The fourth-order valence-corrected chi connectivity index (χ4v) is 2.67. The number of halogens is 2. The van der Waals surface area contributed by atoms with E-state index in [0.29, 0.717) is 17.1 Å². The Morgan fingerprint density at radius 2 is 2.20 bits per heavy atom. The molecule has 0 amide bonds. The van der Waals surface area contributed by atoms with Crippen LogP contribution in [0.3, 0.4) is 0 Å². The number of hydrogen-bond acceptors (Lipinski definition) is 2. The van der Waals surface area contributed by atoms with Crippen LogP contribution in [0.4, 0.5) is 14.6 Å². The van der Waals surface area contributed by atoms with Crippen LogP contribution in [0.25, 0.3) is 0 Å². The van der Waals surface area contributed by atoms with Gasteiger partial charge in [0.1, 0.15) is 17.3 Å². The van der Waals surface area contributed by atoms with Crippen LogP contribution >= 0.6 is 0 Å². The lowest BCUT2D eigenvalue weighted by Crippen LogP contribution is -2.23. The van der Waals surface area contributed by atoms with Crippen LogP contribution in [-0.4, -0.2) is 16.7 Å². The van der Waals surface area contributed by atoms with E-state index in [1.54, 1.807) is 6.07 Å². The van der Waals surface area contributed by atoms with Crippen molar-refractivity contribution in [1.82, 2.24) is 10.2 Å². The van der Waals surface area contributed by atoms with E-state index < -0.39 is 11.6 Å². The normalized spacial score (nSPS) is 18.2. The second-order valence-electron chi connectivity index (χ2n) is 4.80. The molecule has 1 aromatic carbocycles. The van der Waals surface area contributed by atoms with E-state index in [0.717, 1.165) is 25.5 Å². The summed E-state index contributed by atoms with van der Waals surface area (Å²) < 4.78 is 27.3. The van der Waals surface area contributed by atoms with Gasteiger partial charge in [-0.05, 0) is 31.0 Å². The minimum atomic E-state index is -0.431. The average molecular weight is 273 g/mol. The first kappa shape index (κ1) is 12.7. The standard InChI is InChI=1S/C15H13F2N3/c1-2-11-9-15(19-18-11)20-7-3-4-14(20)12-8-10(16)5-6-13(12)17/h1,5-6,8-9,14H,3-4,7H2,(H,18,19)/t14-/m1/s1. The van der Waals surface area contributed by atoms with Gasteiger partial charge in [0, 0.05) is 18.2 Å². The molecule has 20 heavy (non-hydrogen) atoms. The number of nitrogens with zero attached hydrogens (tertiary/aromatic N) is 2. The molecule has 0 unspecified atom stereocenters. The van der Waals surface area contributed by atoms with Gasteiger partial charge in [-0.2, -0.15) is 5.10 Å². The van der Waals surface area contributed by atoms with Gasteiger partial charge >= 0.3 is 0 Å². The number of benzene rings is 1. The number of aromatic amines is 1. The van der Waals surface area contributed by atoms with Crippen molar-refractivity contribution >= 4 is 5.82 Å². The third kappa shape index (κ3) is 2.14. The summed E-state index contributed by atoms with van der Waals surface area (Å²) in [7, 11) is 0. The van der Waals surface area contributed by atoms with Gasteiger partial charge < -0.3 is 4.90 Å². The van der Waals surface area contributed by atoms with Crippen LogP contribution in [-0.2, 0) is 0 Å². The van der Waals surface area contributed by atoms with Gasteiger partial charge in [-0.15, -0.1) is 6.42 Å². The molecule has 1 fully saturated rings. The number of terminal acetylenes is 1. The highest BCUT2D eigenvalue weighted by Gasteiger charge is 2.30. The second kappa shape index (κ2) is 4.97. The van der Waals surface area contributed by atoms with E-state index in [2.05, 4.69) is 16.1 Å². The monoisotopic (exact) mass is 273 g/mol. The molecule has 0 saturated carbocycles. The molecule has 3 rings (SSSR count). The molecule has 0 radical (unpaired) electrons. The summed E-state index contributed by atoms with van der Waals surface area (Å²) in [4.78, 5) is 1.95. The van der Waals surface area contributed by atoms with Crippen molar-refractivity contribution in [3.05, 3.63) is 47.2 Å². The van der Waals surface area contributed by atoms with Crippen molar-refractivity contribution in [1.29, 1.82) is 0 Å². The Morgan fingerprint density at radius 1 is 1.35 bits per heavy atom. The molecule has 1 N–H and O–H groups in total. The quantitative estimate of drug-likeness (QED) is 0.853. The molecular weight excluding hydrogens is 260 g/mol. The molecule has 102 valence electrons. The zero-order valence-corrected chi connectivity index (χ0v) is 10.7. The van der Waals surface area contributed by atoms with Crippen molar-refractivity contribution in [2.24, 2.45) is 0 Å². The van der Waals surface area contributed by atoms with Gasteiger partial charge in [-0.1, -0.05) is 5.92 Å². The van der Waals surface area contributed by atoms with Crippen LogP contribution in [0.15, 0.2) is 24.3 Å². The molecular formula is C15H13F2N3. The van der Waals surface area contributed by atoms with Crippen molar-refractivity contribution in [3.8, 4) is 12.3 Å². The molecule has 1 saturated heterocycles. The minimum absolute atomic E-state index is 0.209. The fourth-order valence-electron chi connectivity index (χ4n) is 2.67. The first-order valence-corrected chi connectivity index (χ1v) is 6.42. The van der Waals surface area contributed by atoms with Crippen LogP contribution in [0.2, 0.25) is 0 Å². The van der Waals surface area contributed by atoms with Crippen LogP contribution in [0.5, 0.6) is 0 Å². The number of anilines is 1. The molecule has 2 aromatic rings. The van der Waals surface area contributed by atoms with Gasteiger partial charge in [-0.25, -0.2) is 8.78 Å². The second-order valence-corrected chi connectivity index (χ2v) is 4.80. The van der Waals surface area contributed by atoms with Crippen molar-refractivity contribution in [2.75, 3.05) is 11.4 Å². The molecule has 5 heteroatoms. The predicted molar refractivity (Wildman–Crippen MR) is 72.2 cm³/mol. The third-order valence-electron chi connectivity index (χ3n) is 3.58. The van der Waals surface area contributed by atoms with Crippen LogP contribution in [0.1, 0.15) is 30.1 Å². The molecule has 1 aliphatic rings. The number of aromatic nitrogens is 2. The van der Waals surface area contributed by atoms with E-state index >= 15 is 0 Å². The maximum atomic E-state index is 13.9. The largest absolute Gasteiger partial charge is 0.348 e. The summed E-state index contributed by atoms with van der Waals surface area (Å²) in [6.07, 6.45) is 6.97. The van der Waals surface area contributed by atoms with E-state index in [1.807, 2.05) is 4.90 Å². The maximum absolute atomic E-state index is 13.9. The van der Waals surface area contributed by atoms with Gasteiger partial charge in [0.05, 0.1) is 6.04 Å². The molecule has 0 bridgehead atoms. The van der Waals surface area contributed by atoms with E-state index in [-0.39, 0.29) is 6.04 Å². The van der Waals surface area contributed by atoms with E-state index in [4.69, 9.17) is 6.42 Å². The summed E-state index contributed by atoms with van der Waals surface area (Å²) in [6, 6.07) is 5.09. The summed E-state index contributed by atoms with van der Waals surface area (Å²) in [6.45, 7) is 0.746. The SMILES string of the molecule is C#Cc1cc(N2CCC[C@@H]2c2cc(F)ccc2F)n[nH]1. The third-order valence-corrected chi connectivity index (χ3v) is 3.58. The number of H-pyrrole nitrogens is 1. The van der Waals surface area contributed by atoms with Gasteiger partial charge in [0.15, 0.2) is 5.82 Å². The zero-order chi connectivity index (χ0) is 14.1. The number of rotatable bonds is 2. The highest BCUT2D eigenvalue weighted by Crippen LogP contribution is 2.36. The Morgan fingerprint density at radius 3 is 2.95 bits per heavy atom. The molecule has 2 heterocycles. The smallest absolute Gasteiger partial charge is 0.152 e.